The van der Waals surface area contributed by atoms with Crippen molar-refractivity contribution < 1.29 is 8.42 Å². The second-order valence-corrected chi connectivity index (χ2v) is 7.30. The summed E-state index contributed by atoms with van der Waals surface area (Å²) in [4.78, 5) is 4.15. The standard InChI is InChI=1S/C13H21N3O2S/c1-11(13-6-2-3-7-15-13)19(17,18)16-8-4-5-12(9-14)10-16/h2-3,6-7,11-12H,4-5,8-10,14H2,1H3/t11-,12-/m1/s1. The van der Waals surface area contributed by atoms with Gasteiger partial charge in [0, 0.05) is 19.3 Å². The van der Waals surface area contributed by atoms with E-state index in [0.29, 0.717) is 25.3 Å². The number of sulfonamides is 1. The SMILES string of the molecule is C[C@H](c1ccccn1)S(=O)(=O)N1CCC[C@H](CN)C1. The first kappa shape index (κ1) is 14.4. The number of nitrogens with zero attached hydrogens (tertiary/aromatic N) is 2. The van der Waals surface area contributed by atoms with Crippen molar-refractivity contribution in [2.45, 2.75) is 25.0 Å². The topological polar surface area (TPSA) is 76.3 Å². The molecule has 2 N–H and O–H groups in total. The van der Waals surface area contributed by atoms with Crippen LogP contribution in [0.25, 0.3) is 0 Å². The Hall–Kier alpha value is -0.980. The van der Waals surface area contributed by atoms with Crippen LogP contribution in [0.3, 0.4) is 0 Å². The fraction of sp³-hybridized carbons (Fsp3) is 0.615. The quantitative estimate of drug-likeness (QED) is 0.899. The van der Waals surface area contributed by atoms with E-state index in [1.54, 1.807) is 29.6 Å². The van der Waals surface area contributed by atoms with Crippen LogP contribution in [0.1, 0.15) is 30.7 Å². The normalized spacial score (nSPS) is 23.2. The maximum absolute atomic E-state index is 12.6. The Morgan fingerprint density at radius 1 is 1.53 bits per heavy atom. The van der Waals surface area contributed by atoms with Crippen molar-refractivity contribution in [3.63, 3.8) is 0 Å². The number of hydrogen-bond donors (Lipinski definition) is 1. The van der Waals surface area contributed by atoms with Crippen LogP contribution >= 0.6 is 0 Å². The zero-order chi connectivity index (χ0) is 13.9. The third kappa shape index (κ3) is 3.13. The van der Waals surface area contributed by atoms with Crippen LogP contribution in [0.15, 0.2) is 24.4 Å². The van der Waals surface area contributed by atoms with Crippen LogP contribution in [0, 0.1) is 5.92 Å². The number of aromatic nitrogens is 1. The molecule has 0 bridgehead atoms. The molecule has 1 aromatic rings. The van der Waals surface area contributed by atoms with Crippen molar-refractivity contribution >= 4 is 10.0 Å². The van der Waals surface area contributed by atoms with Gasteiger partial charge in [-0.25, -0.2) is 12.7 Å². The minimum Gasteiger partial charge on any atom is -0.330 e. The molecule has 1 aromatic heterocycles. The van der Waals surface area contributed by atoms with Gasteiger partial charge in [-0.2, -0.15) is 0 Å². The van der Waals surface area contributed by atoms with Crippen LogP contribution < -0.4 is 5.73 Å². The lowest BCUT2D eigenvalue weighted by molar-refractivity contribution is 0.269. The van der Waals surface area contributed by atoms with Crippen LogP contribution in [0.4, 0.5) is 0 Å². The maximum Gasteiger partial charge on any atom is 0.222 e. The summed E-state index contributed by atoms with van der Waals surface area (Å²) in [5, 5.41) is -0.606. The average molecular weight is 283 g/mol. The molecule has 1 aliphatic rings. The first-order chi connectivity index (χ1) is 9.05. The third-order valence-electron chi connectivity index (χ3n) is 3.73. The first-order valence-corrected chi connectivity index (χ1v) is 8.16. The van der Waals surface area contributed by atoms with Crippen LogP contribution in [0.5, 0.6) is 0 Å². The van der Waals surface area contributed by atoms with Crippen molar-refractivity contribution in [1.82, 2.24) is 9.29 Å². The van der Waals surface area contributed by atoms with Crippen molar-refractivity contribution in [1.29, 1.82) is 0 Å². The van der Waals surface area contributed by atoms with Gasteiger partial charge < -0.3 is 5.73 Å². The van der Waals surface area contributed by atoms with Crippen LogP contribution in [0.2, 0.25) is 0 Å². The number of piperidine rings is 1. The highest BCUT2D eigenvalue weighted by molar-refractivity contribution is 7.89. The zero-order valence-corrected chi connectivity index (χ0v) is 12.0. The van der Waals surface area contributed by atoms with E-state index in [0.717, 1.165) is 12.8 Å². The number of hydrogen-bond acceptors (Lipinski definition) is 4. The molecule has 0 radical (unpaired) electrons. The molecule has 0 spiro atoms. The highest BCUT2D eigenvalue weighted by Gasteiger charge is 2.33. The molecule has 6 heteroatoms. The molecule has 2 rings (SSSR count). The molecule has 1 saturated heterocycles. The van der Waals surface area contributed by atoms with Gasteiger partial charge in [0.2, 0.25) is 10.0 Å². The van der Waals surface area contributed by atoms with E-state index in [9.17, 15) is 8.42 Å². The summed E-state index contributed by atoms with van der Waals surface area (Å²) in [7, 11) is -3.34. The Labute approximate surface area is 114 Å². The van der Waals surface area contributed by atoms with Gasteiger partial charge in [-0.15, -0.1) is 0 Å². The second-order valence-electron chi connectivity index (χ2n) is 5.04. The fourth-order valence-corrected chi connectivity index (χ4v) is 4.14. The van der Waals surface area contributed by atoms with Crippen molar-refractivity contribution in [2.75, 3.05) is 19.6 Å². The largest absolute Gasteiger partial charge is 0.330 e. The summed E-state index contributed by atoms with van der Waals surface area (Å²) in [6, 6.07) is 5.36. The molecule has 2 atom stereocenters. The Morgan fingerprint density at radius 3 is 2.95 bits per heavy atom. The summed E-state index contributed by atoms with van der Waals surface area (Å²) >= 11 is 0. The molecular formula is C13H21N3O2S. The predicted molar refractivity (Wildman–Crippen MR) is 74.9 cm³/mol. The Kier molecular flexibility index (Phi) is 4.54. The summed E-state index contributed by atoms with van der Waals surface area (Å²) in [5.74, 6) is 0.277. The third-order valence-corrected chi connectivity index (χ3v) is 5.91. The molecule has 0 aromatic carbocycles. The minimum absolute atomic E-state index is 0.277. The summed E-state index contributed by atoms with van der Waals surface area (Å²) in [6.45, 7) is 3.37. The van der Waals surface area contributed by atoms with Crippen LogP contribution in [-0.2, 0) is 10.0 Å². The predicted octanol–water partition coefficient (Wildman–Crippen LogP) is 1.14. The zero-order valence-electron chi connectivity index (χ0n) is 11.2. The molecule has 0 unspecified atom stereocenters. The number of nitrogens with two attached hydrogens (primary N) is 1. The highest BCUT2D eigenvalue weighted by Crippen LogP contribution is 2.27. The molecule has 2 heterocycles. The van der Waals surface area contributed by atoms with Gasteiger partial charge in [-0.05, 0) is 44.4 Å². The number of pyridine rings is 1. The van der Waals surface area contributed by atoms with E-state index in [1.165, 1.54) is 0 Å². The van der Waals surface area contributed by atoms with Crippen molar-refractivity contribution in [3.05, 3.63) is 30.1 Å². The number of rotatable bonds is 4. The lowest BCUT2D eigenvalue weighted by Gasteiger charge is -2.33. The van der Waals surface area contributed by atoms with Crippen LogP contribution in [-0.4, -0.2) is 37.3 Å². The molecule has 0 amide bonds. The van der Waals surface area contributed by atoms with Gasteiger partial charge in [-0.1, -0.05) is 6.07 Å². The van der Waals surface area contributed by atoms with E-state index in [4.69, 9.17) is 5.73 Å². The Morgan fingerprint density at radius 2 is 2.32 bits per heavy atom. The molecule has 106 valence electrons. The smallest absolute Gasteiger partial charge is 0.222 e. The molecular weight excluding hydrogens is 262 g/mol. The van der Waals surface area contributed by atoms with E-state index < -0.39 is 15.3 Å². The molecule has 0 aliphatic carbocycles. The minimum atomic E-state index is -3.34. The van der Waals surface area contributed by atoms with Gasteiger partial charge in [0.1, 0.15) is 5.25 Å². The van der Waals surface area contributed by atoms with Gasteiger partial charge in [0.15, 0.2) is 0 Å². The van der Waals surface area contributed by atoms with Gasteiger partial charge >= 0.3 is 0 Å². The maximum atomic E-state index is 12.6. The lowest BCUT2D eigenvalue weighted by Crippen LogP contribution is -2.43. The van der Waals surface area contributed by atoms with E-state index in [2.05, 4.69) is 4.98 Å². The summed E-state index contributed by atoms with van der Waals surface area (Å²) < 4.78 is 26.8. The second kappa shape index (κ2) is 5.98. The lowest BCUT2D eigenvalue weighted by atomic mass is 10.0. The van der Waals surface area contributed by atoms with Gasteiger partial charge in [-0.3, -0.25) is 4.98 Å². The fourth-order valence-electron chi connectivity index (χ4n) is 2.44. The molecule has 19 heavy (non-hydrogen) atoms. The first-order valence-electron chi connectivity index (χ1n) is 6.65. The molecule has 1 aliphatic heterocycles. The Balaban J connectivity index is 2.18. The molecule has 0 saturated carbocycles. The van der Waals surface area contributed by atoms with E-state index in [1.807, 2.05) is 6.07 Å². The van der Waals surface area contributed by atoms with Crippen molar-refractivity contribution in [2.24, 2.45) is 11.7 Å². The summed E-state index contributed by atoms with van der Waals surface area (Å²) in [5.41, 5.74) is 6.26. The van der Waals surface area contributed by atoms with Gasteiger partial charge in [0.05, 0.1) is 5.69 Å². The average Bonchev–Trinajstić information content (AvgIpc) is 2.47. The highest BCUT2D eigenvalue weighted by atomic mass is 32.2. The van der Waals surface area contributed by atoms with E-state index >= 15 is 0 Å². The Bertz CT molecular complexity index is 504. The molecule has 1 fully saturated rings. The van der Waals surface area contributed by atoms with Gasteiger partial charge in [0.25, 0.3) is 0 Å². The van der Waals surface area contributed by atoms with E-state index in [-0.39, 0.29) is 5.92 Å². The van der Waals surface area contributed by atoms with Crippen molar-refractivity contribution in [3.8, 4) is 0 Å². The molecule has 5 nitrogen and oxygen atoms in total. The summed E-state index contributed by atoms with van der Waals surface area (Å²) in [6.07, 6.45) is 3.52. The monoisotopic (exact) mass is 283 g/mol.